The Morgan fingerprint density at radius 3 is 1.12 bits per heavy atom. The summed E-state index contributed by atoms with van der Waals surface area (Å²) in [6.07, 6.45) is 3.73. The Morgan fingerprint density at radius 1 is 0.271 bits per heavy atom. The summed E-state index contributed by atoms with van der Waals surface area (Å²) in [5, 5.41) is 12.1. The zero-order chi connectivity index (χ0) is 63.0. The zero-order valence-electron chi connectivity index (χ0n) is 51.2. The third-order valence-electron chi connectivity index (χ3n) is 19.0. The van der Waals surface area contributed by atoms with Crippen LogP contribution in [0.4, 0.5) is 0 Å². The Labute approximate surface area is 556 Å². The van der Waals surface area contributed by atoms with Crippen molar-refractivity contribution in [2.24, 2.45) is 0 Å². The highest BCUT2D eigenvalue weighted by atomic mass is 32.1. The lowest BCUT2D eigenvalue weighted by molar-refractivity contribution is 0.653. The van der Waals surface area contributed by atoms with Gasteiger partial charge in [-0.1, -0.05) is 200 Å². The van der Waals surface area contributed by atoms with E-state index in [0.29, 0.717) is 11.4 Å². The fraction of sp³-hybridized carbons (Fsp3) is 0. The van der Waals surface area contributed by atoms with Gasteiger partial charge in [-0.05, 0) is 124 Å². The molecule has 21 aromatic rings. The molecule has 0 fully saturated rings. The number of rotatable bonds is 7. The molecule has 0 N–H and O–H groups in total. The molecule has 0 spiro atoms. The molecule has 0 aliphatic carbocycles. The molecule has 0 radical (unpaired) electrons. The topological polar surface area (TPSA) is 87.7 Å². The number of furan rings is 2. The van der Waals surface area contributed by atoms with Crippen molar-refractivity contribution < 1.29 is 8.83 Å². The second-order valence-corrected chi connectivity index (χ2v) is 26.5. The smallest absolute Gasteiger partial charge is 0.246 e. The Hall–Kier alpha value is -12.3. The van der Waals surface area contributed by atoms with Crippen LogP contribution in [0.3, 0.4) is 0 Å². The van der Waals surface area contributed by atoms with Crippen molar-refractivity contribution in [3.63, 3.8) is 0 Å². The highest BCUT2D eigenvalue weighted by Gasteiger charge is 2.20. The zero-order valence-corrected chi connectivity index (χ0v) is 52.8. The number of hydrogen-bond donors (Lipinski definition) is 0. The molecule has 8 heterocycles. The minimum atomic E-state index is 0.534. The molecule has 448 valence electrons. The first-order chi connectivity index (χ1) is 47.6. The molecule has 0 bridgehead atoms. The molecule has 0 saturated heterocycles. The van der Waals surface area contributed by atoms with Crippen molar-refractivity contribution in [1.29, 1.82) is 0 Å². The van der Waals surface area contributed by atoms with Gasteiger partial charge in [-0.15, -0.1) is 22.7 Å². The second kappa shape index (κ2) is 21.6. The number of benzene rings is 13. The Balaban J connectivity index is 0.000000132. The van der Waals surface area contributed by atoms with Gasteiger partial charge in [0.1, 0.15) is 22.2 Å². The molecule has 0 unspecified atom stereocenters. The van der Waals surface area contributed by atoms with Gasteiger partial charge in [-0.25, -0.2) is 19.9 Å². The second-order valence-electron chi connectivity index (χ2n) is 24.4. The maximum Gasteiger partial charge on any atom is 0.246 e. The van der Waals surface area contributed by atoms with E-state index in [-0.39, 0.29) is 0 Å². The minimum Gasteiger partial charge on any atom is -0.436 e. The summed E-state index contributed by atoms with van der Waals surface area (Å²) in [6, 6.07) is 103. The minimum absolute atomic E-state index is 0.534. The van der Waals surface area contributed by atoms with Crippen molar-refractivity contribution in [3.8, 4) is 67.3 Å². The number of hydrogen-bond acceptors (Lipinski definition) is 8. The molecular formula is C86H50N6O2S2. The van der Waals surface area contributed by atoms with Crippen molar-refractivity contribution in [3.05, 3.63) is 304 Å². The van der Waals surface area contributed by atoms with Gasteiger partial charge in [-0.3, -0.25) is 0 Å². The van der Waals surface area contributed by atoms with E-state index in [9.17, 15) is 0 Å². The fourth-order valence-corrected chi connectivity index (χ4v) is 17.0. The third-order valence-corrected chi connectivity index (χ3v) is 21.4. The number of fused-ring (bicyclic) bond motifs is 18. The summed E-state index contributed by atoms with van der Waals surface area (Å²) < 4.78 is 22.5. The van der Waals surface area contributed by atoms with Crippen LogP contribution in [0.15, 0.2) is 312 Å². The van der Waals surface area contributed by atoms with Crippen LogP contribution in [-0.2, 0) is 0 Å². The summed E-state index contributed by atoms with van der Waals surface area (Å²) in [5.74, 6) is 0. The lowest BCUT2D eigenvalue weighted by Gasteiger charge is -2.09. The number of para-hydroxylation sites is 4. The van der Waals surface area contributed by atoms with Crippen molar-refractivity contribution in [2.45, 2.75) is 0 Å². The maximum absolute atomic E-state index is 6.32. The van der Waals surface area contributed by atoms with Gasteiger partial charge in [0.2, 0.25) is 11.4 Å². The van der Waals surface area contributed by atoms with E-state index in [4.69, 9.17) is 28.8 Å². The standard InChI is InChI=1S/C46H27N3OS.C40H23N3OS/c1-4-19-40-34(14-1)35-15-2-5-20-41(35)49(40)32-13-8-12-31(25-32)39-27-47-44-38-26-29(22-23-42(38)50-46(44)48-39)28-10-7-11-30(24-28)33-17-9-18-37-36-16-3-6-21-43(36)51-45(33)37;1-4-16-34-28(11-1)29-12-2-5-17-35(29)43(34)26-10-7-9-25(21-26)33-23-41-38-32-22-24(19-20-36(32)44-40(38)42-33)27-14-8-15-31-30-13-3-6-18-37(30)45-39(27)31/h1-27H;1-23H. The average Bonchev–Trinajstić information content (AvgIpc) is 1.62. The van der Waals surface area contributed by atoms with E-state index >= 15 is 0 Å². The van der Waals surface area contributed by atoms with Gasteiger partial charge in [0, 0.05) is 95.2 Å². The van der Waals surface area contributed by atoms with E-state index in [1.807, 2.05) is 47.2 Å². The summed E-state index contributed by atoms with van der Waals surface area (Å²) >= 11 is 3.70. The molecule has 10 heteroatoms. The Kier molecular flexibility index (Phi) is 12.2. The van der Waals surface area contributed by atoms with E-state index in [1.54, 1.807) is 0 Å². The van der Waals surface area contributed by atoms with Crippen LogP contribution in [0.2, 0.25) is 0 Å². The lowest BCUT2D eigenvalue weighted by Crippen LogP contribution is -1.95. The normalized spacial score (nSPS) is 12.0. The summed E-state index contributed by atoms with van der Waals surface area (Å²) in [6.45, 7) is 0. The highest BCUT2D eigenvalue weighted by Crippen LogP contribution is 2.44. The summed E-state index contributed by atoms with van der Waals surface area (Å²) in [4.78, 5) is 19.8. The van der Waals surface area contributed by atoms with Crippen LogP contribution in [0.1, 0.15) is 0 Å². The Bertz CT molecular complexity index is 6650. The molecule has 96 heavy (non-hydrogen) atoms. The van der Waals surface area contributed by atoms with E-state index in [2.05, 4.69) is 288 Å². The van der Waals surface area contributed by atoms with E-state index in [0.717, 1.165) is 83.6 Å². The monoisotopic (exact) mass is 1260 g/mol. The van der Waals surface area contributed by atoms with E-state index < -0.39 is 0 Å². The van der Waals surface area contributed by atoms with Gasteiger partial charge < -0.3 is 18.0 Å². The molecule has 0 atom stereocenters. The molecular weight excluding hydrogens is 1210 g/mol. The maximum atomic E-state index is 6.32. The predicted molar refractivity (Wildman–Crippen MR) is 400 cm³/mol. The Morgan fingerprint density at radius 2 is 0.635 bits per heavy atom. The molecule has 8 aromatic heterocycles. The van der Waals surface area contributed by atoms with Gasteiger partial charge in [-0.2, -0.15) is 0 Å². The van der Waals surface area contributed by atoms with Crippen LogP contribution in [0, 0.1) is 0 Å². The fourth-order valence-electron chi connectivity index (χ4n) is 14.5. The average molecular weight is 1260 g/mol. The first-order valence-electron chi connectivity index (χ1n) is 32.1. The number of nitrogens with zero attached hydrogens (tertiary/aromatic N) is 6. The SMILES string of the molecule is c1cc(-c2ccc3oc4nc(-c5cccc(-n6c7ccccc7c7ccccc76)c5)cnc4c3c2)cc(-c2cccc3c2sc2ccccc23)c1.c1cc(-c2cnc3c(n2)oc2ccc(-c4cccc5c4sc4ccccc45)cc23)cc(-n2c3ccccc3c3ccccc32)c1. The first-order valence-corrected chi connectivity index (χ1v) is 33.7. The van der Waals surface area contributed by atoms with Crippen LogP contribution in [0.5, 0.6) is 0 Å². The molecule has 0 amide bonds. The molecule has 0 aliphatic heterocycles. The lowest BCUT2D eigenvalue weighted by atomic mass is 9.97. The van der Waals surface area contributed by atoms with E-state index in [1.165, 1.54) is 101 Å². The van der Waals surface area contributed by atoms with Crippen LogP contribution >= 0.6 is 22.7 Å². The van der Waals surface area contributed by atoms with Gasteiger partial charge in [0.05, 0.1) is 45.8 Å². The van der Waals surface area contributed by atoms with Crippen LogP contribution in [0.25, 0.3) is 196 Å². The molecule has 0 aliphatic rings. The van der Waals surface area contributed by atoms with Crippen LogP contribution in [-0.4, -0.2) is 29.1 Å². The predicted octanol–water partition coefficient (Wildman–Crippen LogP) is 24.0. The van der Waals surface area contributed by atoms with Crippen molar-refractivity contribution in [2.75, 3.05) is 0 Å². The van der Waals surface area contributed by atoms with Gasteiger partial charge in [0.25, 0.3) is 0 Å². The number of aromatic nitrogens is 6. The highest BCUT2D eigenvalue weighted by molar-refractivity contribution is 7.26. The van der Waals surface area contributed by atoms with Crippen LogP contribution < -0.4 is 0 Å². The quantitative estimate of drug-likeness (QED) is 0.158. The first kappa shape index (κ1) is 54.2. The van der Waals surface area contributed by atoms with Crippen molar-refractivity contribution in [1.82, 2.24) is 29.1 Å². The third kappa shape index (κ3) is 8.66. The van der Waals surface area contributed by atoms with Crippen molar-refractivity contribution >= 4 is 151 Å². The molecule has 13 aromatic carbocycles. The molecule has 0 saturated carbocycles. The van der Waals surface area contributed by atoms with Gasteiger partial charge in [0.15, 0.2) is 0 Å². The van der Waals surface area contributed by atoms with Gasteiger partial charge >= 0.3 is 0 Å². The molecule has 21 rings (SSSR count). The number of thiophene rings is 2. The largest absolute Gasteiger partial charge is 0.436 e. The summed E-state index contributed by atoms with van der Waals surface area (Å²) in [7, 11) is 0. The summed E-state index contributed by atoms with van der Waals surface area (Å²) in [5.41, 5.74) is 21.6. The molecule has 8 nitrogen and oxygen atoms in total.